The van der Waals surface area contributed by atoms with Gasteiger partial charge in [0.15, 0.2) is 0 Å². The van der Waals surface area contributed by atoms with E-state index in [0.717, 1.165) is 32.7 Å². The van der Waals surface area contributed by atoms with Gasteiger partial charge in [-0.15, -0.1) is 0 Å². The van der Waals surface area contributed by atoms with Crippen LogP contribution in [-0.4, -0.2) is 39.7 Å². The van der Waals surface area contributed by atoms with E-state index in [-0.39, 0.29) is 6.04 Å². The maximum absolute atomic E-state index is 14.4. The van der Waals surface area contributed by atoms with Crippen LogP contribution in [0.1, 0.15) is 31.9 Å². The van der Waals surface area contributed by atoms with Crippen molar-refractivity contribution < 1.29 is 4.57 Å². The van der Waals surface area contributed by atoms with Crippen molar-refractivity contribution in [1.29, 1.82) is 0 Å². The molecule has 0 N–H and O–H groups in total. The molecule has 0 bridgehead atoms. The lowest BCUT2D eigenvalue weighted by atomic mass is 10.2. The SMILES string of the molecule is CCN(CC)[P@@]1(=O)N(Cc2ccccc2)C[C@@H](C)N1Cc1ccccc1. The Hall–Kier alpha value is -1.45. The minimum atomic E-state index is -2.79. The molecule has 1 aliphatic heterocycles. The summed E-state index contributed by atoms with van der Waals surface area (Å²) >= 11 is 0. The zero-order valence-electron chi connectivity index (χ0n) is 16.1. The fraction of sp³-hybridized carbons (Fsp3) is 0.429. The van der Waals surface area contributed by atoms with Gasteiger partial charge in [-0.3, -0.25) is 4.57 Å². The van der Waals surface area contributed by atoms with Gasteiger partial charge < -0.3 is 0 Å². The predicted octanol–water partition coefficient (Wildman–Crippen LogP) is 4.84. The van der Waals surface area contributed by atoms with Crippen LogP contribution >= 0.6 is 7.59 Å². The Morgan fingerprint density at radius 3 is 1.92 bits per heavy atom. The van der Waals surface area contributed by atoms with E-state index in [1.807, 2.05) is 12.1 Å². The summed E-state index contributed by atoms with van der Waals surface area (Å²) in [5, 5.41) is 0. The molecule has 0 aromatic heterocycles. The third-order valence-electron chi connectivity index (χ3n) is 5.18. The van der Waals surface area contributed by atoms with Gasteiger partial charge in [0.1, 0.15) is 0 Å². The molecule has 1 heterocycles. The largest absolute Gasteiger partial charge is 0.287 e. The molecule has 1 aliphatic rings. The van der Waals surface area contributed by atoms with Crippen molar-refractivity contribution in [2.75, 3.05) is 19.6 Å². The highest BCUT2D eigenvalue weighted by Gasteiger charge is 2.49. The third kappa shape index (κ3) is 3.79. The summed E-state index contributed by atoms with van der Waals surface area (Å²) in [5.74, 6) is 0. The Balaban J connectivity index is 1.93. The van der Waals surface area contributed by atoms with E-state index in [2.05, 4.69) is 83.3 Å². The molecule has 2 aromatic rings. The summed E-state index contributed by atoms with van der Waals surface area (Å²) < 4.78 is 21.0. The summed E-state index contributed by atoms with van der Waals surface area (Å²) in [7, 11) is -2.79. The van der Waals surface area contributed by atoms with Gasteiger partial charge in [0, 0.05) is 38.8 Å². The fourth-order valence-electron chi connectivity index (χ4n) is 3.83. The molecule has 5 heteroatoms. The summed E-state index contributed by atoms with van der Waals surface area (Å²) in [6.45, 7) is 10.3. The third-order valence-corrected chi connectivity index (χ3v) is 8.73. The molecule has 2 atom stereocenters. The minimum Gasteiger partial charge on any atom is -0.270 e. The highest BCUT2D eigenvalue weighted by Crippen LogP contribution is 2.62. The Bertz CT molecular complexity index is 733. The number of hydrogen-bond donors (Lipinski definition) is 0. The van der Waals surface area contributed by atoms with E-state index >= 15 is 0 Å². The summed E-state index contributed by atoms with van der Waals surface area (Å²) in [5.41, 5.74) is 2.43. The molecule has 0 radical (unpaired) electrons. The Morgan fingerprint density at radius 2 is 1.42 bits per heavy atom. The van der Waals surface area contributed by atoms with Gasteiger partial charge >= 0.3 is 0 Å². The maximum Gasteiger partial charge on any atom is 0.287 e. The standard InChI is InChI=1S/C21H30N3OP/c1-4-22(5-2)26(25)23(17-20-12-8-6-9-13-20)16-19(3)24(26)18-21-14-10-7-11-15-21/h6-15,19H,4-5,16-18H2,1-3H3/t19-,26-/m1/s1. The van der Waals surface area contributed by atoms with Crippen LogP contribution in [0.3, 0.4) is 0 Å². The Morgan fingerprint density at radius 1 is 0.923 bits per heavy atom. The van der Waals surface area contributed by atoms with Crippen molar-refractivity contribution in [3.8, 4) is 0 Å². The normalized spacial score (nSPS) is 24.4. The van der Waals surface area contributed by atoms with Crippen LogP contribution in [0.25, 0.3) is 0 Å². The molecule has 26 heavy (non-hydrogen) atoms. The predicted molar refractivity (Wildman–Crippen MR) is 109 cm³/mol. The highest BCUT2D eigenvalue weighted by molar-refractivity contribution is 7.56. The van der Waals surface area contributed by atoms with Crippen molar-refractivity contribution in [1.82, 2.24) is 14.0 Å². The van der Waals surface area contributed by atoms with Crippen molar-refractivity contribution in [2.45, 2.75) is 39.9 Å². The van der Waals surface area contributed by atoms with E-state index in [1.54, 1.807) is 0 Å². The lowest BCUT2D eigenvalue weighted by Gasteiger charge is -2.38. The van der Waals surface area contributed by atoms with Crippen molar-refractivity contribution in [2.24, 2.45) is 0 Å². The van der Waals surface area contributed by atoms with E-state index in [0.29, 0.717) is 0 Å². The zero-order valence-corrected chi connectivity index (χ0v) is 17.0. The number of hydrogen-bond acceptors (Lipinski definition) is 1. The monoisotopic (exact) mass is 371 g/mol. The molecule has 1 fully saturated rings. The first-order chi connectivity index (χ1) is 12.6. The minimum absolute atomic E-state index is 0.255. The fourth-order valence-corrected chi connectivity index (χ4v) is 7.30. The van der Waals surface area contributed by atoms with Crippen LogP contribution in [0, 0.1) is 0 Å². The molecule has 3 rings (SSSR count). The van der Waals surface area contributed by atoms with Gasteiger partial charge in [-0.05, 0) is 18.1 Å². The molecule has 0 unspecified atom stereocenters. The molecule has 140 valence electrons. The average Bonchev–Trinajstić information content (AvgIpc) is 2.89. The van der Waals surface area contributed by atoms with Gasteiger partial charge in [-0.1, -0.05) is 74.5 Å². The first kappa shape index (κ1) is 19.3. The van der Waals surface area contributed by atoms with E-state index in [1.165, 1.54) is 11.1 Å². The molecule has 0 aliphatic carbocycles. The quantitative estimate of drug-likeness (QED) is 0.651. The Labute approximate surface area is 158 Å². The van der Waals surface area contributed by atoms with Crippen LogP contribution < -0.4 is 0 Å². The molecule has 0 amide bonds. The number of rotatable bonds is 7. The lowest BCUT2D eigenvalue weighted by Crippen LogP contribution is -2.34. The second kappa shape index (κ2) is 8.49. The van der Waals surface area contributed by atoms with Gasteiger partial charge in [-0.25, -0.2) is 14.0 Å². The summed E-state index contributed by atoms with van der Waals surface area (Å²) in [6.07, 6.45) is 0. The number of benzene rings is 2. The van der Waals surface area contributed by atoms with Crippen LogP contribution in [0.15, 0.2) is 60.7 Å². The molecule has 0 spiro atoms. The van der Waals surface area contributed by atoms with E-state index < -0.39 is 7.59 Å². The second-order valence-electron chi connectivity index (χ2n) is 6.92. The first-order valence-electron chi connectivity index (χ1n) is 9.55. The van der Waals surface area contributed by atoms with Gasteiger partial charge in [0.25, 0.3) is 7.59 Å². The van der Waals surface area contributed by atoms with Gasteiger partial charge in [-0.2, -0.15) is 0 Å². The summed E-state index contributed by atoms with van der Waals surface area (Å²) in [6, 6.07) is 21.0. The van der Waals surface area contributed by atoms with E-state index in [4.69, 9.17) is 0 Å². The second-order valence-corrected chi connectivity index (χ2v) is 9.59. The zero-order chi connectivity index (χ0) is 18.6. The molecule has 2 aromatic carbocycles. The van der Waals surface area contributed by atoms with Crippen LogP contribution in [-0.2, 0) is 17.7 Å². The van der Waals surface area contributed by atoms with Crippen molar-refractivity contribution in [3.63, 3.8) is 0 Å². The maximum atomic E-state index is 14.4. The van der Waals surface area contributed by atoms with Crippen molar-refractivity contribution in [3.05, 3.63) is 71.8 Å². The molecular formula is C21H30N3OP. The molecule has 0 saturated carbocycles. The topological polar surface area (TPSA) is 26.8 Å². The van der Waals surface area contributed by atoms with Crippen LogP contribution in [0.5, 0.6) is 0 Å². The Kier molecular flexibility index (Phi) is 6.31. The molecular weight excluding hydrogens is 341 g/mol. The van der Waals surface area contributed by atoms with Gasteiger partial charge in [0.05, 0.1) is 0 Å². The number of nitrogens with zero attached hydrogens (tertiary/aromatic N) is 3. The summed E-state index contributed by atoms with van der Waals surface area (Å²) in [4.78, 5) is 0. The highest BCUT2D eigenvalue weighted by atomic mass is 31.2. The molecule has 1 saturated heterocycles. The molecule has 4 nitrogen and oxygen atoms in total. The van der Waals surface area contributed by atoms with Crippen LogP contribution in [0.4, 0.5) is 0 Å². The average molecular weight is 371 g/mol. The first-order valence-corrected chi connectivity index (χ1v) is 11.1. The van der Waals surface area contributed by atoms with E-state index in [9.17, 15) is 4.57 Å². The van der Waals surface area contributed by atoms with Crippen LogP contribution in [0.2, 0.25) is 0 Å². The van der Waals surface area contributed by atoms with Crippen molar-refractivity contribution >= 4 is 7.59 Å². The smallest absolute Gasteiger partial charge is 0.270 e. The lowest BCUT2D eigenvalue weighted by molar-refractivity contribution is 0.320. The van der Waals surface area contributed by atoms with Gasteiger partial charge in [0.2, 0.25) is 0 Å².